The number of carbonyl (C=O) groups excluding carboxylic acids is 1. The van der Waals surface area contributed by atoms with E-state index in [9.17, 15) is 13.2 Å². The average molecular weight is 234 g/mol. The summed E-state index contributed by atoms with van der Waals surface area (Å²) in [5, 5.41) is 17.9. The summed E-state index contributed by atoms with van der Waals surface area (Å²) in [6.45, 7) is 0. The van der Waals surface area contributed by atoms with Crippen LogP contribution in [0, 0.1) is 0 Å². The monoisotopic (exact) mass is 234 g/mol. The highest BCUT2D eigenvalue weighted by Gasteiger charge is 2.16. The number of benzene rings is 1. The molecule has 15 heavy (non-hydrogen) atoms. The molecule has 0 aliphatic heterocycles. The first-order valence-electron chi connectivity index (χ1n) is 3.53. The Morgan fingerprint density at radius 1 is 1.20 bits per heavy atom. The van der Waals surface area contributed by atoms with E-state index in [1.807, 2.05) is 0 Å². The summed E-state index contributed by atoms with van der Waals surface area (Å²) in [7, 11) is -4.89. The predicted molar refractivity (Wildman–Crippen MR) is 46.7 cm³/mol. The molecule has 1 aromatic rings. The van der Waals surface area contributed by atoms with Gasteiger partial charge in [0, 0.05) is 0 Å². The maximum absolute atomic E-state index is 11.0. The molecule has 0 saturated heterocycles. The van der Waals surface area contributed by atoms with Gasteiger partial charge in [0.1, 0.15) is 0 Å². The number of rotatable bonds is 2. The molecule has 0 bridgehead atoms. The van der Waals surface area contributed by atoms with Crippen LogP contribution < -0.4 is 0 Å². The van der Waals surface area contributed by atoms with Crippen molar-refractivity contribution in [1.29, 1.82) is 0 Å². The van der Waals surface area contributed by atoms with E-state index in [1.54, 1.807) is 0 Å². The average Bonchev–Trinajstić information content (AvgIpc) is 2.06. The molecular weight excluding hydrogens is 228 g/mol. The second-order valence-corrected chi connectivity index (χ2v) is 3.52. The molecule has 0 atom stereocenters. The van der Waals surface area contributed by atoms with Crippen molar-refractivity contribution in [2.45, 2.75) is 0 Å². The molecule has 7 nitrogen and oxygen atoms in total. The molecule has 1 aromatic carbocycles. The SMILES string of the molecule is O=C(OS(=O)(=O)O)c1ccc(O)c(O)c1. The molecule has 1 rings (SSSR count). The van der Waals surface area contributed by atoms with E-state index < -0.39 is 27.9 Å². The lowest BCUT2D eigenvalue weighted by atomic mass is 10.2. The molecule has 0 spiro atoms. The molecule has 0 fully saturated rings. The van der Waals surface area contributed by atoms with Gasteiger partial charge in [-0.3, -0.25) is 4.55 Å². The van der Waals surface area contributed by atoms with Crippen LogP contribution in [0.25, 0.3) is 0 Å². The van der Waals surface area contributed by atoms with E-state index in [-0.39, 0.29) is 5.56 Å². The second kappa shape index (κ2) is 3.75. The summed E-state index contributed by atoms with van der Waals surface area (Å²) in [6, 6.07) is 2.78. The molecule has 0 heterocycles. The Hall–Kier alpha value is -1.80. The van der Waals surface area contributed by atoms with Crippen LogP contribution in [0.5, 0.6) is 11.5 Å². The summed E-state index contributed by atoms with van der Waals surface area (Å²) >= 11 is 0. The van der Waals surface area contributed by atoms with E-state index in [0.29, 0.717) is 0 Å². The van der Waals surface area contributed by atoms with E-state index in [4.69, 9.17) is 14.8 Å². The largest absolute Gasteiger partial charge is 0.504 e. The zero-order valence-electron chi connectivity index (χ0n) is 7.11. The highest BCUT2D eigenvalue weighted by molar-refractivity contribution is 7.81. The molecule has 0 unspecified atom stereocenters. The summed E-state index contributed by atoms with van der Waals surface area (Å²) in [5.74, 6) is -2.45. The first-order chi connectivity index (χ1) is 6.79. The molecule has 0 amide bonds. The fourth-order valence-corrected chi connectivity index (χ4v) is 1.08. The first-order valence-corrected chi connectivity index (χ1v) is 4.89. The number of hydrogen-bond donors (Lipinski definition) is 3. The zero-order chi connectivity index (χ0) is 11.6. The van der Waals surface area contributed by atoms with Crippen LogP contribution in [0.15, 0.2) is 18.2 Å². The fourth-order valence-electron chi connectivity index (χ4n) is 0.794. The predicted octanol–water partition coefficient (Wildman–Crippen LogP) is 0.0574. The Labute approximate surface area is 84.5 Å². The van der Waals surface area contributed by atoms with E-state index >= 15 is 0 Å². The molecule has 8 heteroatoms. The van der Waals surface area contributed by atoms with Crippen molar-refractivity contribution in [2.75, 3.05) is 0 Å². The molecular formula is C7H6O7S. The molecule has 0 saturated carbocycles. The lowest BCUT2D eigenvalue weighted by Gasteiger charge is -2.01. The lowest BCUT2D eigenvalue weighted by Crippen LogP contribution is -2.11. The van der Waals surface area contributed by atoms with Crippen molar-refractivity contribution < 1.29 is 32.2 Å². The highest BCUT2D eigenvalue weighted by Crippen LogP contribution is 2.25. The topological polar surface area (TPSA) is 121 Å². The number of phenols is 2. The molecule has 82 valence electrons. The van der Waals surface area contributed by atoms with Crippen molar-refractivity contribution in [3.63, 3.8) is 0 Å². The summed E-state index contributed by atoms with van der Waals surface area (Å²) in [5.41, 5.74) is -0.331. The van der Waals surface area contributed by atoms with E-state index in [0.717, 1.165) is 18.2 Å². The Bertz CT molecular complexity index is 490. The second-order valence-electron chi connectivity index (χ2n) is 2.50. The number of hydrogen-bond acceptors (Lipinski definition) is 6. The van der Waals surface area contributed by atoms with Gasteiger partial charge in [-0.25, -0.2) is 4.79 Å². The minimum Gasteiger partial charge on any atom is -0.504 e. The molecule has 0 aliphatic rings. The van der Waals surface area contributed by atoms with Gasteiger partial charge in [0.25, 0.3) is 0 Å². The van der Waals surface area contributed by atoms with Gasteiger partial charge in [-0.05, 0) is 18.2 Å². The first kappa shape index (κ1) is 11.3. The van der Waals surface area contributed by atoms with Gasteiger partial charge in [0.05, 0.1) is 5.56 Å². The minimum atomic E-state index is -4.89. The van der Waals surface area contributed by atoms with Gasteiger partial charge in [-0.15, -0.1) is 0 Å². The third-order valence-corrected chi connectivity index (χ3v) is 1.75. The van der Waals surface area contributed by atoms with Crippen LogP contribution in [0.3, 0.4) is 0 Å². The van der Waals surface area contributed by atoms with Crippen molar-refractivity contribution in [3.8, 4) is 11.5 Å². The number of phenolic OH excluding ortho intramolecular Hbond substituents is 2. The Morgan fingerprint density at radius 3 is 2.27 bits per heavy atom. The fraction of sp³-hybridized carbons (Fsp3) is 0. The Morgan fingerprint density at radius 2 is 1.80 bits per heavy atom. The maximum atomic E-state index is 11.0. The van der Waals surface area contributed by atoms with E-state index in [2.05, 4.69) is 4.18 Å². The van der Waals surface area contributed by atoms with Crippen LogP contribution in [0.2, 0.25) is 0 Å². The van der Waals surface area contributed by atoms with Gasteiger partial charge in [-0.2, -0.15) is 8.42 Å². The number of carbonyl (C=O) groups is 1. The summed E-state index contributed by atoms with van der Waals surface area (Å²) < 4.78 is 32.1. The van der Waals surface area contributed by atoms with Crippen molar-refractivity contribution >= 4 is 16.4 Å². The molecule has 0 radical (unpaired) electrons. The van der Waals surface area contributed by atoms with Crippen LogP contribution in [0.4, 0.5) is 0 Å². The van der Waals surface area contributed by atoms with Crippen LogP contribution in [-0.4, -0.2) is 29.2 Å². The lowest BCUT2D eigenvalue weighted by molar-refractivity contribution is 0.0727. The highest BCUT2D eigenvalue weighted by atomic mass is 32.3. The maximum Gasteiger partial charge on any atom is 0.449 e. The molecule has 0 aromatic heterocycles. The summed E-state index contributed by atoms with van der Waals surface area (Å²) in [4.78, 5) is 11.0. The van der Waals surface area contributed by atoms with Gasteiger partial charge in [0.15, 0.2) is 11.5 Å². The van der Waals surface area contributed by atoms with Gasteiger partial charge < -0.3 is 14.4 Å². The standard InChI is InChI=1S/C7H6O7S/c8-5-2-1-4(3-6(5)9)7(10)14-15(11,12)13/h1-3,8-9H,(H,11,12,13). The van der Waals surface area contributed by atoms with Crippen molar-refractivity contribution in [1.82, 2.24) is 0 Å². The zero-order valence-corrected chi connectivity index (χ0v) is 7.93. The third-order valence-electron chi connectivity index (χ3n) is 1.39. The van der Waals surface area contributed by atoms with Crippen LogP contribution in [-0.2, 0) is 14.6 Å². The minimum absolute atomic E-state index is 0.331. The van der Waals surface area contributed by atoms with Crippen molar-refractivity contribution in [3.05, 3.63) is 23.8 Å². The summed E-state index contributed by atoms with van der Waals surface area (Å²) in [6.07, 6.45) is 0. The van der Waals surface area contributed by atoms with Gasteiger partial charge >= 0.3 is 16.4 Å². The van der Waals surface area contributed by atoms with Gasteiger partial charge in [-0.1, -0.05) is 0 Å². The molecule has 0 aliphatic carbocycles. The van der Waals surface area contributed by atoms with Crippen molar-refractivity contribution in [2.24, 2.45) is 0 Å². The third kappa shape index (κ3) is 3.11. The van der Waals surface area contributed by atoms with Gasteiger partial charge in [0.2, 0.25) is 0 Å². The van der Waals surface area contributed by atoms with Crippen LogP contribution in [0.1, 0.15) is 10.4 Å². The molecule has 3 N–H and O–H groups in total. The normalized spacial score (nSPS) is 11.0. The Balaban J connectivity index is 2.98. The van der Waals surface area contributed by atoms with E-state index in [1.165, 1.54) is 0 Å². The quantitative estimate of drug-likeness (QED) is 0.488. The number of aromatic hydroxyl groups is 2. The Kier molecular flexibility index (Phi) is 2.82. The smallest absolute Gasteiger partial charge is 0.449 e. The van der Waals surface area contributed by atoms with Crippen LogP contribution >= 0.6 is 0 Å².